The quantitative estimate of drug-likeness (QED) is 0.524. The Labute approximate surface area is 193 Å². The minimum absolute atomic E-state index is 0.0697. The van der Waals surface area contributed by atoms with Crippen LogP contribution in [0.25, 0.3) is 0 Å². The molecule has 1 amide bonds. The van der Waals surface area contributed by atoms with Crippen LogP contribution in [-0.4, -0.2) is 28.8 Å². The zero-order valence-corrected chi connectivity index (χ0v) is 19.7. The van der Waals surface area contributed by atoms with Crippen molar-refractivity contribution in [2.24, 2.45) is 4.99 Å². The third-order valence-electron chi connectivity index (χ3n) is 4.94. The fraction of sp³-hybridized carbons (Fsp3) is 0.320. The summed E-state index contributed by atoms with van der Waals surface area (Å²) < 4.78 is 5.11. The van der Waals surface area contributed by atoms with Crippen LogP contribution in [-0.2, 0) is 14.3 Å². The van der Waals surface area contributed by atoms with Gasteiger partial charge in [0.15, 0.2) is 0 Å². The fourth-order valence-corrected chi connectivity index (χ4v) is 4.25. The molecule has 7 heteroatoms. The van der Waals surface area contributed by atoms with Crippen molar-refractivity contribution in [3.8, 4) is 0 Å². The summed E-state index contributed by atoms with van der Waals surface area (Å²) in [6.07, 6.45) is 2.57. The molecule has 6 nitrogen and oxygen atoms in total. The Hall–Kier alpha value is -3.06. The van der Waals surface area contributed by atoms with Gasteiger partial charge in [0.2, 0.25) is 5.91 Å². The Morgan fingerprint density at radius 3 is 2.69 bits per heavy atom. The number of nitrogens with zero attached hydrogens (tertiary/aromatic N) is 1. The summed E-state index contributed by atoms with van der Waals surface area (Å²) in [5, 5.41) is 6.68. The maximum atomic E-state index is 13.1. The van der Waals surface area contributed by atoms with Gasteiger partial charge in [0, 0.05) is 11.4 Å². The normalized spacial score (nSPS) is 13.6. The van der Waals surface area contributed by atoms with Crippen LogP contribution in [0.4, 0.5) is 17.1 Å². The largest absolute Gasteiger partial charge is 0.466 e. The van der Waals surface area contributed by atoms with Crippen LogP contribution in [0.5, 0.6) is 0 Å². The van der Waals surface area contributed by atoms with Crippen molar-refractivity contribution < 1.29 is 14.3 Å². The third kappa shape index (κ3) is 6.23. The number of amides is 1. The van der Waals surface area contributed by atoms with E-state index in [1.54, 1.807) is 6.92 Å². The molecular formula is C25H29N3O3S. The van der Waals surface area contributed by atoms with Gasteiger partial charge in [0.1, 0.15) is 0 Å². The summed E-state index contributed by atoms with van der Waals surface area (Å²) >= 11 is 1.39. The number of esters is 1. The van der Waals surface area contributed by atoms with E-state index in [-0.39, 0.29) is 23.5 Å². The number of hydrogen-bond donors (Lipinski definition) is 2. The lowest BCUT2D eigenvalue weighted by Gasteiger charge is -2.16. The van der Waals surface area contributed by atoms with Crippen LogP contribution in [0.1, 0.15) is 37.8 Å². The number of carbonyl (C=O) groups is 2. The van der Waals surface area contributed by atoms with Crippen LogP contribution in [0.2, 0.25) is 0 Å². The number of carbonyl (C=O) groups excluding carboxylic acids is 2. The van der Waals surface area contributed by atoms with E-state index in [9.17, 15) is 9.59 Å². The number of thioether (sulfide) groups is 1. The molecule has 1 aliphatic heterocycles. The fourth-order valence-electron chi connectivity index (χ4n) is 3.26. The van der Waals surface area contributed by atoms with Crippen LogP contribution in [0.15, 0.2) is 59.2 Å². The van der Waals surface area contributed by atoms with Crippen molar-refractivity contribution in [3.05, 3.63) is 65.4 Å². The Kier molecular flexibility index (Phi) is 8.11. The van der Waals surface area contributed by atoms with Crippen LogP contribution in [0.3, 0.4) is 0 Å². The number of rotatable bonds is 7. The molecule has 1 atom stereocenters. The number of ether oxygens (including phenoxy) is 1. The summed E-state index contributed by atoms with van der Waals surface area (Å²) in [6.45, 7) is 8.07. The first-order valence-electron chi connectivity index (χ1n) is 10.7. The van der Waals surface area contributed by atoms with E-state index < -0.39 is 0 Å². The molecule has 0 aromatic heterocycles. The van der Waals surface area contributed by atoms with Gasteiger partial charge in [-0.3, -0.25) is 9.59 Å². The lowest BCUT2D eigenvalue weighted by Crippen LogP contribution is -2.26. The topological polar surface area (TPSA) is 79.8 Å². The van der Waals surface area contributed by atoms with Gasteiger partial charge in [0.05, 0.1) is 34.7 Å². The number of aliphatic imine (C=N–C) groups is 1. The van der Waals surface area contributed by atoms with Crippen molar-refractivity contribution in [3.63, 3.8) is 0 Å². The average Bonchev–Trinajstić information content (AvgIpc) is 2.92. The second-order valence-corrected chi connectivity index (χ2v) is 8.79. The number of para-hydroxylation sites is 2. The van der Waals surface area contributed by atoms with E-state index in [1.165, 1.54) is 11.8 Å². The number of aryl methyl sites for hydroxylation is 2. The van der Waals surface area contributed by atoms with Crippen molar-refractivity contribution in [1.29, 1.82) is 0 Å². The molecule has 0 saturated carbocycles. The minimum atomic E-state index is -0.334. The Morgan fingerprint density at radius 1 is 1.16 bits per heavy atom. The number of benzene rings is 2. The Morgan fingerprint density at radius 2 is 1.94 bits per heavy atom. The highest BCUT2D eigenvalue weighted by Gasteiger charge is 2.22. The third-order valence-corrected chi connectivity index (χ3v) is 6.23. The summed E-state index contributed by atoms with van der Waals surface area (Å²) in [5.74, 6) is -0.380. The average molecular weight is 452 g/mol. The molecular weight excluding hydrogens is 422 g/mol. The number of fused-ring (bicyclic) bond motifs is 1. The lowest BCUT2D eigenvalue weighted by atomic mass is 10.1. The molecule has 0 bridgehead atoms. The van der Waals surface area contributed by atoms with E-state index in [0.29, 0.717) is 23.8 Å². The molecule has 168 valence electrons. The molecule has 2 aromatic rings. The summed E-state index contributed by atoms with van der Waals surface area (Å²) in [4.78, 5) is 29.9. The Balaban J connectivity index is 1.83. The predicted molar refractivity (Wildman–Crippen MR) is 133 cm³/mol. The van der Waals surface area contributed by atoms with E-state index in [4.69, 9.17) is 9.73 Å². The van der Waals surface area contributed by atoms with Gasteiger partial charge in [0.25, 0.3) is 0 Å². The molecule has 0 spiro atoms. The van der Waals surface area contributed by atoms with Crippen molar-refractivity contribution in [1.82, 2.24) is 0 Å². The summed E-state index contributed by atoms with van der Waals surface area (Å²) in [6, 6.07) is 13.6. The van der Waals surface area contributed by atoms with E-state index in [2.05, 4.69) is 10.6 Å². The first-order chi connectivity index (χ1) is 15.4. The molecule has 0 fully saturated rings. The molecule has 32 heavy (non-hydrogen) atoms. The van der Waals surface area contributed by atoms with Gasteiger partial charge in [-0.1, -0.05) is 43.0 Å². The molecule has 0 radical (unpaired) electrons. The van der Waals surface area contributed by atoms with Crippen LogP contribution in [0, 0.1) is 13.8 Å². The number of hydrogen-bond acceptors (Lipinski definition) is 6. The van der Waals surface area contributed by atoms with Gasteiger partial charge < -0.3 is 15.4 Å². The molecule has 0 saturated heterocycles. The van der Waals surface area contributed by atoms with Crippen LogP contribution >= 0.6 is 11.8 Å². The maximum absolute atomic E-state index is 13.1. The predicted octanol–water partition coefficient (Wildman–Crippen LogP) is 5.75. The maximum Gasteiger partial charge on any atom is 0.311 e. The van der Waals surface area contributed by atoms with Gasteiger partial charge in [-0.15, -0.1) is 0 Å². The van der Waals surface area contributed by atoms with Crippen molar-refractivity contribution in [2.45, 2.75) is 45.8 Å². The monoisotopic (exact) mass is 451 g/mol. The molecule has 2 N–H and O–H groups in total. The molecule has 3 rings (SSSR count). The molecule has 1 aliphatic rings. The lowest BCUT2D eigenvalue weighted by molar-refractivity contribution is -0.142. The molecule has 2 aromatic carbocycles. The van der Waals surface area contributed by atoms with E-state index in [1.807, 2.05) is 69.3 Å². The smallest absolute Gasteiger partial charge is 0.311 e. The van der Waals surface area contributed by atoms with Crippen molar-refractivity contribution >= 4 is 45.7 Å². The minimum Gasteiger partial charge on any atom is -0.466 e. The standard InChI is InChI=1S/C25H29N3O3S/c1-5-22(25(30)28-21-13-16(3)11-12-17(21)4)32-23-14-18(15-24(29)31-6-2)26-19-9-7-8-10-20(19)27-23/h7-14,22,26H,5-6,15H2,1-4H3,(H,28,30)/t22-/m0/s1. The first kappa shape index (κ1) is 23.6. The zero-order chi connectivity index (χ0) is 23.1. The SMILES string of the molecule is CCOC(=O)CC1=CC(S[C@@H](CC)C(=O)Nc2cc(C)ccc2C)=Nc2ccccc2N1. The highest BCUT2D eigenvalue weighted by molar-refractivity contribution is 8.15. The summed E-state index contributed by atoms with van der Waals surface area (Å²) in [7, 11) is 0. The van der Waals surface area contributed by atoms with Gasteiger partial charge >= 0.3 is 5.97 Å². The van der Waals surface area contributed by atoms with Gasteiger partial charge in [-0.2, -0.15) is 0 Å². The zero-order valence-electron chi connectivity index (χ0n) is 18.9. The highest BCUT2D eigenvalue weighted by Crippen LogP contribution is 2.32. The van der Waals surface area contributed by atoms with E-state index >= 15 is 0 Å². The molecule has 0 aliphatic carbocycles. The van der Waals surface area contributed by atoms with Crippen molar-refractivity contribution in [2.75, 3.05) is 17.2 Å². The molecule has 1 heterocycles. The van der Waals surface area contributed by atoms with Crippen LogP contribution < -0.4 is 10.6 Å². The number of nitrogens with one attached hydrogen (secondary N) is 2. The second kappa shape index (κ2) is 11.0. The highest BCUT2D eigenvalue weighted by atomic mass is 32.2. The van der Waals surface area contributed by atoms with Gasteiger partial charge in [-0.25, -0.2) is 4.99 Å². The van der Waals surface area contributed by atoms with Gasteiger partial charge in [-0.05, 0) is 62.6 Å². The summed E-state index contributed by atoms with van der Waals surface area (Å²) in [5.41, 5.74) is 5.19. The van der Waals surface area contributed by atoms with E-state index in [0.717, 1.165) is 28.2 Å². The first-order valence-corrected chi connectivity index (χ1v) is 11.6. The number of anilines is 2. The second-order valence-electron chi connectivity index (χ2n) is 7.57. The Bertz CT molecular complexity index is 1060. The molecule has 0 unspecified atom stereocenters.